The highest BCUT2D eigenvalue weighted by molar-refractivity contribution is 5.79. The maximum absolute atomic E-state index is 5.58. The zero-order valence-electron chi connectivity index (χ0n) is 17.4. The summed E-state index contributed by atoms with van der Waals surface area (Å²) in [7, 11) is 1.64. The van der Waals surface area contributed by atoms with Crippen LogP contribution in [0.5, 0.6) is 5.75 Å². The number of aliphatic imine (C=N–C) groups is 1. The molecule has 2 aromatic heterocycles. The maximum Gasteiger partial charge on any atom is 0.191 e. The van der Waals surface area contributed by atoms with Crippen LogP contribution in [0.25, 0.3) is 11.4 Å². The van der Waals surface area contributed by atoms with Gasteiger partial charge in [-0.25, -0.2) is 9.98 Å². The number of nitrogens with one attached hydrogen (secondary N) is 3. The molecule has 0 unspecified atom stereocenters. The molecule has 0 fully saturated rings. The molecule has 3 N–H and O–H groups in total. The van der Waals surface area contributed by atoms with E-state index in [1.165, 1.54) is 0 Å². The van der Waals surface area contributed by atoms with Crippen LogP contribution in [0.1, 0.15) is 24.9 Å². The van der Waals surface area contributed by atoms with Crippen molar-refractivity contribution in [3.8, 4) is 17.1 Å². The van der Waals surface area contributed by atoms with Crippen molar-refractivity contribution in [3.05, 3.63) is 54.2 Å². The molecule has 9 heteroatoms. The van der Waals surface area contributed by atoms with E-state index in [0.29, 0.717) is 31.4 Å². The minimum absolute atomic E-state index is 0.396. The number of aromatic amines is 1. The van der Waals surface area contributed by atoms with Gasteiger partial charge >= 0.3 is 0 Å². The molecular weight excluding hydrogens is 384 g/mol. The summed E-state index contributed by atoms with van der Waals surface area (Å²) in [5, 5.41) is 13.7. The van der Waals surface area contributed by atoms with Crippen LogP contribution >= 0.6 is 0 Å². The second kappa shape index (κ2) is 11.6. The first-order chi connectivity index (χ1) is 14.8. The van der Waals surface area contributed by atoms with Crippen LogP contribution in [0.15, 0.2) is 52.1 Å². The van der Waals surface area contributed by atoms with Crippen LogP contribution in [0.3, 0.4) is 0 Å². The van der Waals surface area contributed by atoms with E-state index < -0.39 is 0 Å². The van der Waals surface area contributed by atoms with E-state index in [-0.39, 0.29) is 0 Å². The van der Waals surface area contributed by atoms with Crippen LogP contribution in [0.2, 0.25) is 0 Å². The number of nitrogens with zero attached hydrogens (tertiary/aromatic N) is 3. The molecule has 0 spiro atoms. The Morgan fingerprint density at radius 2 is 2.07 bits per heavy atom. The zero-order chi connectivity index (χ0) is 21.0. The Balaban J connectivity index is 1.44. The van der Waals surface area contributed by atoms with Gasteiger partial charge in [-0.15, -0.1) is 0 Å². The van der Waals surface area contributed by atoms with Crippen molar-refractivity contribution in [2.75, 3.05) is 26.8 Å². The Labute approximate surface area is 175 Å². The summed E-state index contributed by atoms with van der Waals surface area (Å²) in [4.78, 5) is 9.08. The number of hydrogen-bond donors (Lipinski definition) is 3. The van der Waals surface area contributed by atoms with Crippen molar-refractivity contribution >= 4 is 5.96 Å². The van der Waals surface area contributed by atoms with E-state index in [1.807, 2.05) is 43.3 Å². The first-order valence-electron chi connectivity index (χ1n) is 9.96. The summed E-state index contributed by atoms with van der Waals surface area (Å²) in [6.45, 7) is 5.07. The smallest absolute Gasteiger partial charge is 0.191 e. The number of rotatable bonds is 11. The summed E-state index contributed by atoms with van der Waals surface area (Å²) >= 11 is 0. The van der Waals surface area contributed by atoms with Crippen LogP contribution in [0, 0.1) is 0 Å². The second-order valence-electron chi connectivity index (χ2n) is 6.44. The Hall–Kier alpha value is -3.33. The monoisotopic (exact) mass is 412 g/mol. The van der Waals surface area contributed by atoms with Crippen molar-refractivity contribution in [2.24, 2.45) is 4.99 Å². The lowest BCUT2D eigenvalue weighted by Gasteiger charge is -2.10. The number of ether oxygens (including phenoxy) is 2. The summed E-state index contributed by atoms with van der Waals surface area (Å²) < 4.78 is 16.0. The third kappa shape index (κ3) is 6.63. The quantitative estimate of drug-likeness (QED) is 0.252. The van der Waals surface area contributed by atoms with Gasteiger partial charge in [0.05, 0.1) is 13.4 Å². The number of benzene rings is 1. The standard InChI is InChI=1S/C21H28N6O3/c1-3-22-21(23-11-5-12-29-15-18-6-4-13-30-18)24-14-19-25-20(27-26-19)16-7-9-17(28-2)10-8-16/h4,6-10,13H,3,5,11-12,14-15H2,1-2H3,(H2,22,23,24)(H,25,26,27). The highest BCUT2D eigenvalue weighted by Gasteiger charge is 2.06. The molecule has 0 amide bonds. The highest BCUT2D eigenvalue weighted by atomic mass is 16.5. The number of furan rings is 1. The van der Waals surface area contributed by atoms with Gasteiger partial charge in [-0.05, 0) is 49.7 Å². The van der Waals surface area contributed by atoms with Crippen molar-refractivity contribution in [1.82, 2.24) is 25.8 Å². The Morgan fingerprint density at radius 1 is 1.20 bits per heavy atom. The van der Waals surface area contributed by atoms with Gasteiger partial charge in [-0.3, -0.25) is 5.10 Å². The lowest BCUT2D eigenvalue weighted by Crippen LogP contribution is -2.38. The molecule has 0 aliphatic carbocycles. The molecule has 0 aliphatic heterocycles. The zero-order valence-corrected chi connectivity index (χ0v) is 17.4. The fraction of sp³-hybridized carbons (Fsp3) is 0.381. The Kier molecular flexibility index (Phi) is 8.28. The van der Waals surface area contributed by atoms with Crippen LogP contribution in [0.4, 0.5) is 0 Å². The highest BCUT2D eigenvalue weighted by Crippen LogP contribution is 2.19. The summed E-state index contributed by atoms with van der Waals surface area (Å²) in [5.74, 6) is 3.69. The molecule has 160 valence electrons. The molecule has 0 radical (unpaired) electrons. The molecule has 0 bridgehead atoms. The van der Waals surface area contributed by atoms with Gasteiger partial charge in [0, 0.05) is 25.3 Å². The summed E-state index contributed by atoms with van der Waals surface area (Å²) in [5.41, 5.74) is 0.918. The summed E-state index contributed by atoms with van der Waals surface area (Å²) in [6.07, 6.45) is 2.50. The first kappa shape index (κ1) is 21.4. The van der Waals surface area contributed by atoms with E-state index in [9.17, 15) is 0 Å². The number of guanidine groups is 1. The molecule has 1 aromatic carbocycles. The molecule has 30 heavy (non-hydrogen) atoms. The third-order valence-electron chi connectivity index (χ3n) is 4.19. The van der Waals surface area contributed by atoms with E-state index in [1.54, 1.807) is 13.4 Å². The molecule has 3 rings (SSSR count). The average molecular weight is 412 g/mol. The number of aromatic nitrogens is 3. The summed E-state index contributed by atoms with van der Waals surface area (Å²) in [6, 6.07) is 11.4. The normalized spacial score (nSPS) is 11.5. The van der Waals surface area contributed by atoms with Gasteiger partial charge in [-0.2, -0.15) is 5.10 Å². The molecular formula is C21H28N6O3. The lowest BCUT2D eigenvalue weighted by atomic mass is 10.2. The minimum Gasteiger partial charge on any atom is -0.497 e. The predicted molar refractivity (Wildman–Crippen MR) is 114 cm³/mol. The van der Waals surface area contributed by atoms with Gasteiger partial charge in [-0.1, -0.05) is 0 Å². The van der Waals surface area contributed by atoms with Crippen molar-refractivity contribution in [2.45, 2.75) is 26.5 Å². The maximum atomic E-state index is 5.58. The second-order valence-corrected chi connectivity index (χ2v) is 6.44. The van der Waals surface area contributed by atoms with Gasteiger partial charge in [0.25, 0.3) is 0 Å². The van der Waals surface area contributed by atoms with Gasteiger partial charge in [0.1, 0.15) is 30.5 Å². The third-order valence-corrected chi connectivity index (χ3v) is 4.19. The largest absolute Gasteiger partial charge is 0.497 e. The molecule has 9 nitrogen and oxygen atoms in total. The van der Waals surface area contributed by atoms with Crippen LogP contribution in [-0.2, 0) is 17.9 Å². The van der Waals surface area contributed by atoms with Crippen molar-refractivity contribution in [1.29, 1.82) is 0 Å². The molecule has 0 aliphatic rings. The van der Waals surface area contributed by atoms with E-state index in [0.717, 1.165) is 42.5 Å². The first-order valence-corrected chi connectivity index (χ1v) is 9.96. The number of H-pyrrole nitrogens is 1. The van der Waals surface area contributed by atoms with Crippen LogP contribution < -0.4 is 15.4 Å². The van der Waals surface area contributed by atoms with Gasteiger partial charge < -0.3 is 24.5 Å². The fourth-order valence-electron chi connectivity index (χ4n) is 2.68. The van der Waals surface area contributed by atoms with Crippen LogP contribution in [-0.4, -0.2) is 47.9 Å². The molecule has 0 atom stereocenters. The van der Waals surface area contributed by atoms with Gasteiger partial charge in [0.2, 0.25) is 0 Å². The molecule has 0 saturated heterocycles. The number of methoxy groups -OCH3 is 1. The van der Waals surface area contributed by atoms with Crippen molar-refractivity contribution in [3.63, 3.8) is 0 Å². The Morgan fingerprint density at radius 3 is 2.80 bits per heavy atom. The Bertz CT molecular complexity index is 890. The SMILES string of the molecule is CCNC(=NCc1nc(-c2ccc(OC)cc2)n[nH]1)NCCCOCc1ccco1. The van der Waals surface area contributed by atoms with E-state index >= 15 is 0 Å². The minimum atomic E-state index is 0.396. The molecule has 2 heterocycles. The number of hydrogen-bond acceptors (Lipinski definition) is 6. The fourth-order valence-corrected chi connectivity index (χ4v) is 2.68. The van der Waals surface area contributed by atoms with Crippen molar-refractivity contribution < 1.29 is 13.9 Å². The lowest BCUT2D eigenvalue weighted by molar-refractivity contribution is 0.105. The molecule has 3 aromatic rings. The van der Waals surface area contributed by atoms with E-state index in [2.05, 4.69) is 30.8 Å². The molecule has 0 saturated carbocycles. The predicted octanol–water partition coefficient (Wildman–Crippen LogP) is 2.74. The average Bonchev–Trinajstić information content (AvgIpc) is 3.46. The topological polar surface area (TPSA) is 110 Å². The van der Waals surface area contributed by atoms with Gasteiger partial charge in [0.15, 0.2) is 11.8 Å². The van der Waals surface area contributed by atoms with E-state index in [4.69, 9.17) is 13.9 Å².